The molecule has 0 amide bonds. The number of rotatable bonds is 5. The van der Waals surface area contributed by atoms with Crippen LogP contribution in [0.2, 0.25) is 0 Å². The molecule has 0 spiro atoms. The Bertz CT molecular complexity index is 617. The van der Waals surface area contributed by atoms with Crippen molar-refractivity contribution in [3.8, 4) is 0 Å². The number of hydrogen-bond acceptors (Lipinski definition) is 5. The second-order valence-electron chi connectivity index (χ2n) is 5.09. The van der Waals surface area contributed by atoms with Crippen molar-refractivity contribution in [3.05, 3.63) is 33.0 Å². The van der Waals surface area contributed by atoms with Gasteiger partial charge >= 0.3 is 5.97 Å². The first-order valence-electron chi connectivity index (χ1n) is 6.58. The number of carboxylic acid groups (broad SMARTS) is 1. The quantitative estimate of drug-likeness (QED) is 0.908. The van der Waals surface area contributed by atoms with Crippen LogP contribution in [0.5, 0.6) is 0 Å². The summed E-state index contributed by atoms with van der Waals surface area (Å²) in [5.74, 6) is -0.496. The molecule has 1 fully saturated rings. The Morgan fingerprint density at radius 3 is 2.85 bits per heavy atom. The molecule has 1 N–H and O–H groups in total. The van der Waals surface area contributed by atoms with Gasteiger partial charge < -0.3 is 10.0 Å². The van der Waals surface area contributed by atoms with Gasteiger partial charge in [-0.3, -0.25) is 0 Å². The number of hydrogen-bond donors (Lipinski definition) is 1. The maximum Gasteiger partial charge on any atom is 0.347 e. The minimum atomic E-state index is -0.854. The van der Waals surface area contributed by atoms with Crippen molar-refractivity contribution in [3.63, 3.8) is 0 Å². The molecule has 20 heavy (non-hydrogen) atoms. The first-order chi connectivity index (χ1) is 9.58. The average Bonchev–Trinajstić information content (AvgIpc) is 2.96. The molecule has 0 aliphatic heterocycles. The molecule has 2 aromatic heterocycles. The Kier molecular flexibility index (Phi) is 3.52. The lowest BCUT2D eigenvalue weighted by molar-refractivity contribution is 0.0700. The van der Waals surface area contributed by atoms with E-state index in [1.807, 2.05) is 13.1 Å². The Morgan fingerprint density at radius 1 is 1.55 bits per heavy atom. The highest BCUT2D eigenvalue weighted by atomic mass is 32.1. The molecule has 2 heterocycles. The predicted octanol–water partition coefficient (Wildman–Crippen LogP) is 3.98. The summed E-state index contributed by atoms with van der Waals surface area (Å²) in [5.41, 5.74) is 0.780. The van der Waals surface area contributed by atoms with Crippen molar-refractivity contribution in [1.29, 1.82) is 0 Å². The van der Waals surface area contributed by atoms with Gasteiger partial charge in [0.1, 0.15) is 4.88 Å². The molecule has 1 atom stereocenters. The minimum Gasteiger partial charge on any atom is -0.477 e. The second-order valence-corrected chi connectivity index (χ2v) is 7.05. The molecule has 6 heteroatoms. The monoisotopic (exact) mass is 308 g/mol. The summed E-state index contributed by atoms with van der Waals surface area (Å²) >= 11 is 3.00. The van der Waals surface area contributed by atoms with E-state index in [-0.39, 0.29) is 6.04 Å². The molecule has 1 saturated carbocycles. The van der Waals surface area contributed by atoms with Crippen LogP contribution in [-0.2, 0) is 0 Å². The Morgan fingerprint density at radius 2 is 2.30 bits per heavy atom. The van der Waals surface area contributed by atoms with Gasteiger partial charge in [0.05, 0.1) is 11.7 Å². The lowest BCUT2D eigenvalue weighted by Gasteiger charge is -2.23. The normalized spacial score (nSPS) is 16.1. The van der Waals surface area contributed by atoms with E-state index in [0.29, 0.717) is 10.8 Å². The van der Waals surface area contributed by atoms with Gasteiger partial charge in [-0.25, -0.2) is 9.78 Å². The van der Waals surface area contributed by atoms with Gasteiger partial charge in [-0.1, -0.05) is 17.4 Å². The average molecular weight is 308 g/mol. The third kappa shape index (κ3) is 2.45. The molecular formula is C14H16N2O2S2. The zero-order chi connectivity index (χ0) is 14.3. The van der Waals surface area contributed by atoms with Crippen LogP contribution >= 0.6 is 22.7 Å². The van der Waals surface area contributed by atoms with E-state index in [1.54, 1.807) is 11.3 Å². The third-order valence-electron chi connectivity index (χ3n) is 3.64. The Balaban J connectivity index is 1.89. The van der Waals surface area contributed by atoms with Crippen LogP contribution in [0.3, 0.4) is 0 Å². The van der Waals surface area contributed by atoms with Gasteiger partial charge in [0, 0.05) is 17.8 Å². The Hall–Kier alpha value is -1.40. The van der Waals surface area contributed by atoms with Crippen LogP contribution in [0.4, 0.5) is 5.13 Å². The smallest absolute Gasteiger partial charge is 0.347 e. The fourth-order valence-electron chi connectivity index (χ4n) is 2.14. The standard InChI is InChI=1S/C14H16N2O2S2/c1-8(10-4-3-7-19-10)16(2)14-15-11(9-5-6-9)12(20-14)13(17)18/h3-4,7-9H,5-6H2,1-2H3,(H,17,18). The lowest BCUT2D eigenvalue weighted by Crippen LogP contribution is -2.20. The summed E-state index contributed by atoms with van der Waals surface area (Å²) < 4.78 is 0. The van der Waals surface area contributed by atoms with E-state index in [1.165, 1.54) is 16.2 Å². The van der Waals surface area contributed by atoms with Crippen molar-refractivity contribution in [1.82, 2.24) is 4.98 Å². The highest BCUT2D eigenvalue weighted by molar-refractivity contribution is 7.17. The molecule has 1 unspecified atom stereocenters. The second kappa shape index (κ2) is 5.18. The molecule has 0 aromatic carbocycles. The fourth-order valence-corrected chi connectivity index (χ4v) is 4.00. The molecule has 4 nitrogen and oxygen atoms in total. The van der Waals surface area contributed by atoms with Crippen molar-refractivity contribution in [2.24, 2.45) is 0 Å². The van der Waals surface area contributed by atoms with Gasteiger partial charge in [-0.05, 0) is 31.2 Å². The summed E-state index contributed by atoms with van der Waals surface area (Å²) in [6, 6.07) is 4.33. The van der Waals surface area contributed by atoms with E-state index in [4.69, 9.17) is 0 Å². The third-order valence-corrected chi connectivity index (χ3v) is 5.83. The number of carbonyl (C=O) groups is 1. The molecule has 1 aliphatic rings. The van der Waals surface area contributed by atoms with Crippen LogP contribution in [-0.4, -0.2) is 23.1 Å². The first kappa shape index (κ1) is 13.6. The number of thiazole rings is 1. The van der Waals surface area contributed by atoms with Crippen LogP contribution in [0.25, 0.3) is 0 Å². The number of carboxylic acids is 1. The lowest BCUT2D eigenvalue weighted by atomic mass is 10.2. The summed E-state index contributed by atoms with van der Waals surface area (Å²) in [6.45, 7) is 2.12. The number of aromatic carboxylic acids is 1. The van der Waals surface area contributed by atoms with Crippen molar-refractivity contribution in [2.45, 2.75) is 31.7 Å². The fraction of sp³-hybridized carbons (Fsp3) is 0.429. The van der Waals surface area contributed by atoms with Gasteiger partial charge in [-0.2, -0.15) is 0 Å². The number of aromatic nitrogens is 1. The van der Waals surface area contributed by atoms with E-state index in [2.05, 4.69) is 28.3 Å². The molecule has 2 aromatic rings. The van der Waals surface area contributed by atoms with Crippen LogP contribution < -0.4 is 4.90 Å². The van der Waals surface area contributed by atoms with Crippen molar-refractivity contribution < 1.29 is 9.90 Å². The highest BCUT2D eigenvalue weighted by Crippen LogP contribution is 2.44. The number of thiophene rings is 1. The maximum absolute atomic E-state index is 11.3. The van der Waals surface area contributed by atoms with Crippen molar-refractivity contribution in [2.75, 3.05) is 11.9 Å². The Labute approximate surface area is 125 Å². The van der Waals surface area contributed by atoms with E-state index in [0.717, 1.165) is 23.7 Å². The van der Waals surface area contributed by atoms with Gasteiger partial charge in [0.25, 0.3) is 0 Å². The first-order valence-corrected chi connectivity index (χ1v) is 8.27. The summed E-state index contributed by atoms with van der Waals surface area (Å²) in [5, 5.41) is 12.2. The number of nitrogens with zero attached hydrogens (tertiary/aromatic N) is 2. The molecule has 0 saturated heterocycles. The SMILES string of the molecule is CC(c1cccs1)N(C)c1nc(C2CC2)c(C(=O)O)s1. The minimum absolute atomic E-state index is 0.204. The molecular weight excluding hydrogens is 292 g/mol. The zero-order valence-electron chi connectivity index (χ0n) is 11.4. The van der Waals surface area contributed by atoms with E-state index in [9.17, 15) is 9.90 Å². The molecule has 106 valence electrons. The van der Waals surface area contributed by atoms with E-state index >= 15 is 0 Å². The summed E-state index contributed by atoms with van der Waals surface area (Å²) in [6.07, 6.45) is 2.13. The summed E-state index contributed by atoms with van der Waals surface area (Å²) in [4.78, 5) is 19.7. The molecule has 0 bridgehead atoms. The van der Waals surface area contributed by atoms with Crippen LogP contribution in [0.15, 0.2) is 17.5 Å². The van der Waals surface area contributed by atoms with Crippen LogP contribution in [0, 0.1) is 0 Å². The van der Waals surface area contributed by atoms with Crippen LogP contribution in [0.1, 0.15) is 52.0 Å². The van der Waals surface area contributed by atoms with Gasteiger partial charge in [0.15, 0.2) is 5.13 Å². The van der Waals surface area contributed by atoms with Crippen molar-refractivity contribution >= 4 is 33.8 Å². The number of anilines is 1. The van der Waals surface area contributed by atoms with E-state index < -0.39 is 5.97 Å². The highest BCUT2D eigenvalue weighted by Gasteiger charge is 2.33. The predicted molar refractivity (Wildman–Crippen MR) is 82.2 cm³/mol. The van der Waals surface area contributed by atoms with Gasteiger partial charge in [-0.15, -0.1) is 11.3 Å². The maximum atomic E-state index is 11.3. The topological polar surface area (TPSA) is 53.4 Å². The zero-order valence-corrected chi connectivity index (χ0v) is 13.0. The molecule has 1 aliphatic carbocycles. The van der Waals surface area contributed by atoms with Gasteiger partial charge in [0.2, 0.25) is 0 Å². The molecule has 0 radical (unpaired) electrons. The molecule has 3 rings (SSSR count). The largest absolute Gasteiger partial charge is 0.477 e. The summed E-state index contributed by atoms with van der Waals surface area (Å²) in [7, 11) is 1.98.